The van der Waals surface area contributed by atoms with Gasteiger partial charge in [0.25, 0.3) is 0 Å². The molecule has 0 aromatic heterocycles. The maximum atomic E-state index is 13.2. The zero-order valence-electron chi connectivity index (χ0n) is 45.9. The van der Waals surface area contributed by atoms with Gasteiger partial charge < -0.3 is 19.3 Å². The molecule has 0 saturated carbocycles. The number of hydrogen-bond acceptors (Lipinski definition) is 8. The summed E-state index contributed by atoms with van der Waals surface area (Å²) < 4.78 is 11.4. The Kier molecular flexibility index (Phi) is 31.0. The van der Waals surface area contributed by atoms with E-state index in [1.54, 1.807) is 48.5 Å². The quantitative estimate of drug-likeness (QED) is 0.0142. The second-order valence-electron chi connectivity index (χ2n) is 20.4. The normalized spacial score (nSPS) is 11.1. The molecule has 0 aliphatic heterocycles. The highest BCUT2D eigenvalue weighted by Gasteiger charge is 2.17. The molecular formula is C65H94N2O6. The SMILES string of the molecule is CCCCCCCCCN(CCCCCCCCC)c1ccc(C(=O)Oc2ccc(C(=O)CC(=O)c3ccc(OC(=O)c4ccc(N(CCCCCCCCC)CCCCCCCCC)cc4)cc3)cc2)cc1. The van der Waals surface area contributed by atoms with E-state index in [4.69, 9.17) is 9.47 Å². The fraction of sp³-hybridized carbons (Fsp3) is 0.569. The zero-order valence-corrected chi connectivity index (χ0v) is 45.9. The van der Waals surface area contributed by atoms with Crippen LogP contribution >= 0.6 is 0 Å². The number of ketones is 2. The van der Waals surface area contributed by atoms with E-state index in [-0.39, 0.29) is 18.0 Å². The third-order valence-electron chi connectivity index (χ3n) is 14.2. The van der Waals surface area contributed by atoms with Crippen LogP contribution in [0.15, 0.2) is 97.1 Å². The second-order valence-corrected chi connectivity index (χ2v) is 20.4. The summed E-state index contributed by atoms with van der Waals surface area (Å²) in [6.45, 7) is 13.1. The van der Waals surface area contributed by atoms with Crippen molar-refractivity contribution in [3.63, 3.8) is 0 Å². The van der Waals surface area contributed by atoms with E-state index < -0.39 is 11.9 Å². The summed E-state index contributed by atoms with van der Waals surface area (Å²) in [6.07, 6.45) is 35.4. The lowest BCUT2D eigenvalue weighted by atomic mass is 10.0. The van der Waals surface area contributed by atoms with Gasteiger partial charge in [-0.2, -0.15) is 0 Å². The molecule has 8 heteroatoms. The lowest BCUT2D eigenvalue weighted by Gasteiger charge is -2.25. The van der Waals surface area contributed by atoms with Gasteiger partial charge in [0.15, 0.2) is 11.6 Å². The Bertz CT molecular complexity index is 1910. The first-order valence-electron chi connectivity index (χ1n) is 29.2. The van der Waals surface area contributed by atoms with Crippen LogP contribution in [0.5, 0.6) is 11.5 Å². The van der Waals surface area contributed by atoms with Gasteiger partial charge in [0.2, 0.25) is 0 Å². The van der Waals surface area contributed by atoms with Crippen molar-refractivity contribution in [3.8, 4) is 11.5 Å². The molecule has 0 amide bonds. The first kappa shape index (κ1) is 60.3. The first-order chi connectivity index (χ1) is 35.8. The van der Waals surface area contributed by atoms with E-state index in [0.29, 0.717) is 33.8 Å². The number of carbonyl (C=O) groups excluding carboxylic acids is 4. The summed E-state index contributed by atoms with van der Waals surface area (Å²) in [4.78, 5) is 57.7. The molecule has 8 nitrogen and oxygen atoms in total. The largest absolute Gasteiger partial charge is 0.423 e. The van der Waals surface area contributed by atoms with Crippen molar-refractivity contribution in [1.82, 2.24) is 0 Å². The minimum Gasteiger partial charge on any atom is -0.423 e. The number of esters is 2. The average molecular weight is 999 g/mol. The number of ether oxygens (including phenoxy) is 2. The number of benzene rings is 4. The molecule has 0 unspecified atom stereocenters. The smallest absolute Gasteiger partial charge is 0.343 e. The summed E-state index contributed by atoms with van der Waals surface area (Å²) in [5.74, 6) is -1.00. The molecule has 0 aliphatic rings. The van der Waals surface area contributed by atoms with Crippen molar-refractivity contribution >= 4 is 34.9 Å². The number of anilines is 2. The van der Waals surface area contributed by atoms with Gasteiger partial charge in [0, 0.05) is 48.7 Å². The summed E-state index contributed by atoms with van der Waals surface area (Å²) in [5, 5.41) is 0. The molecule has 0 saturated heterocycles. The van der Waals surface area contributed by atoms with Gasteiger partial charge in [-0.05, 0) is 123 Å². The molecule has 0 N–H and O–H groups in total. The van der Waals surface area contributed by atoms with Crippen LogP contribution in [0.1, 0.15) is 255 Å². The van der Waals surface area contributed by atoms with Gasteiger partial charge in [-0.25, -0.2) is 9.59 Å². The Morgan fingerprint density at radius 3 is 0.795 bits per heavy atom. The lowest BCUT2D eigenvalue weighted by Crippen LogP contribution is -2.25. The number of Topliss-reactive ketones (excluding diaryl/α,β-unsaturated/α-hetero) is 2. The summed E-state index contributed by atoms with van der Waals surface area (Å²) in [6, 6.07) is 28.1. The van der Waals surface area contributed by atoms with Crippen LogP contribution in [-0.4, -0.2) is 49.7 Å². The van der Waals surface area contributed by atoms with Crippen molar-refractivity contribution in [3.05, 3.63) is 119 Å². The number of carbonyl (C=O) groups is 4. The van der Waals surface area contributed by atoms with Crippen LogP contribution in [0.25, 0.3) is 0 Å². The molecule has 0 heterocycles. The highest BCUT2D eigenvalue weighted by Crippen LogP contribution is 2.24. The van der Waals surface area contributed by atoms with Gasteiger partial charge >= 0.3 is 11.9 Å². The van der Waals surface area contributed by atoms with Crippen molar-refractivity contribution in [2.75, 3.05) is 36.0 Å². The van der Waals surface area contributed by atoms with E-state index in [1.165, 1.54) is 180 Å². The number of nitrogens with zero attached hydrogens (tertiary/aromatic N) is 2. The second kappa shape index (κ2) is 37.5. The van der Waals surface area contributed by atoms with Crippen LogP contribution in [0.2, 0.25) is 0 Å². The van der Waals surface area contributed by atoms with Crippen LogP contribution < -0.4 is 19.3 Å². The zero-order chi connectivity index (χ0) is 52.1. The number of hydrogen-bond donors (Lipinski definition) is 0. The van der Waals surface area contributed by atoms with Crippen LogP contribution in [0, 0.1) is 0 Å². The Morgan fingerprint density at radius 2 is 0.534 bits per heavy atom. The van der Waals surface area contributed by atoms with E-state index in [1.807, 2.05) is 48.5 Å². The number of unbranched alkanes of at least 4 members (excludes halogenated alkanes) is 24. The lowest BCUT2D eigenvalue weighted by molar-refractivity contribution is 0.0725. The summed E-state index contributed by atoms with van der Waals surface area (Å²) >= 11 is 0. The molecule has 0 bridgehead atoms. The van der Waals surface area contributed by atoms with Crippen LogP contribution in [0.4, 0.5) is 11.4 Å². The predicted molar refractivity (Wildman–Crippen MR) is 305 cm³/mol. The molecule has 0 radical (unpaired) electrons. The van der Waals surface area contributed by atoms with Crippen molar-refractivity contribution < 1.29 is 28.7 Å². The van der Waals surface area contributed by atoms with E-state index in [2.05, 4.69) is 37.5 Å². The topological polar surface area (TPSA) is 93.2 Å². The van der Waals surface area contributed by atoms with Crippen molar-refractivity contribution in [2.24, 2.45) is 0 Å². The first-order valence-corrected chi connectivity index (χ1v) is 29.2. The molecule has 0 atom stereocenters. The summed E-state index contributed by atoms with van der Waals surface area (Å²) in [5.41, 5.74) is 3.87. The molecule has 4 aromatic carbocycles. The van der Waals surface area contributed by atoms with Crippen molar-refractivity contribution in [1.29, 1.82) is 0 Å². The predicted octanol–water partition coefficient (Wildman–Crippen LogP) is 18.2. The average Bonchev–Trinajstić information content (AvgIpc) is 3.41. The molecule has 0 aliphatic carbocycles. The fourth-order valence-corrected chi connectivity index (χ4v) is 9.50. The maximum absolute atomic E-state index is 13.2. The summed E-state index contributed by atoms with van der Waals surface area (Å²) in [7, 11) is 0. The van der Waals surface area contributed by atoms with E-state index in [0.717, 1.165) is 37.6 Å². The Hall–Kier alpha value is -5.24. The third-order valence-corrected chi connectivity index (χ3v) is 14.2. The van der Waals surface area contributed by atoms with Gasteiger partial charge in [-0.3, -0.25) is 9.59 Å². The Balaban J connectivity index is 1.24. The molecule has 4 aromatic rings. The third kappa shape index (κ3) is 24.6. The Labute approximate surface area is 442 Å². The van der Waals surface area contributed by atoms with Crippen LogP contribution in [0.3, 0.4) is 0 Å². The fourth-order valence-electron chi connectivity index (χ4n) is 9.50. The maximum Gasteiger partial charge on any atom is 0.343 e. The minimum atomic E-state index is -0.469. The molecule has 73 heavy (non-hydrogen) atoms. The minimum absolute atomic E-state index is 0.317. The molecule has 0 fully saturated rings. The van der Waals surface area contributed by atoms with Crippen molar-refractivity contribution in [2.45, 2.75) is 214 Å². The van der Waals surface area contributed by atoms with Gasteiger partial charge in [0.05, 0.1) is 17.5 Å². The van der Waals surface area contributed by atoms with E-state index in [9.17, 15) is 19.2 Å². The molecule has 4 rings (SSSR count). The number of rotatable bonds is 42. The van der Waals surface area contributed by atoms with Crippen LogP contribution in [-0.2, 0) is 0 Å². The molecule has 400 valence electrons. The van der Waals surface area contributed by atoms with Gasteiger partial charge in [-0.15, -0.1) is 0 Å². The van der Waals surface area contributed by atoms with Gasteiger partial charge in [0.1, 0.15) is 11.5 Å². The standard InChI is InChI=1S/C65H94N2O6/c1-5-9-13-17-21-25-29-49-66(50-30-26-22-18-14-10-6-2)58-41-33-56(34-42-58)64(70)72-60-45-37-54(38-46-60)62(68)53-63(69)55-39-47-61(48-40-55)73-65(71)57-35-43-59(44-36-57)67(51-31-27-23-19-15-11-7-3)52-32-28-24-20-16-12-8-4/h33-48H,5-32,49-53H2,1-4H3. The highest BCUT2D eigenvalue weighted by atomic mass is 16.5. The molecule has 0 spiro atoms. The van der Waals surface area contributed by atoms with Gasteiger partial charge in [-0.1, -0.05) is 182 Å². The molecular weight excluding hydrogens is 905 g/mol. The monoisotopic (exact) mass is 999 g/mol. The van der Waals surface area contributed by atoms with E-state index >= 15 is 0 Å². The Morgan fingerprint density at radius 1 is 0.301 bits per heavy atom. The highest BCUT2D eigenvalue weighted by molar-refractivity contribution is 6.13.